The van der Waals surface area contributed by atoms with Gasteiger partial charge in [-0.25, -0.2) is 4.79 Å². The Labute approximate surface area is 152 Å². The molecule has 4 atom stereocenters. The van der Waals surface area contributed by atoms with Crippen molar-refractivity contribution in [1.82, 2.24) is 10.2 Å². The van der Waals surface area contributed by atoms with E-state index in [0.29, 0.717) is 12.8 Å². The van der Waals surface area contributed by atoms with Gasteiger partial charge in [0.1, 0.15) is 6.04 Å². The van der Waals surface area contributed by atoms with Crippen LogP contribution < -0.4 is 16.8 Å². The first-order valence-electron chi connectivity index (χ1n) is 8.68. The van der Waals surface area contributed by atoms with Gasteiger partial charge in [0.05, 0.1) is 12.1 Å². The van der Waals surface area contributed by atoms with Crippen LogP contribution in [-0.4, -0.2) is 58.5 Å². The molecule has 0 aliphatic carbocycles. The van der Waals surface area contributed by atoms with Gasteiger partial charge in [-0.2, -0.15) is 0 Å². The number of carboxylic acids is 1. The third kappa shape index (κ3) is 5.03. The van der Waals surface area contributed by atoms with Gasteiger partial charge in [-0.1, -0.05) is 30.3 Å². The van der Waals surface area contributed by atoms with E-state index in [2.05, 4.69) is 5.32 Å². The van der Waals surface area contributed by atoms with Crippen LogP contribution in [0, 0.1) is 0 Å². The lowest BCUT2D eigenvalue weighted by Crippen LogP contribution is -2.49. The maximum absolute atomic E-state index is 12.6. The number of benzene rings is 1. The van der Waals surface area contributed by atoms with Crippen molar-refractivity contribution < 1.29 is 19.5 Å². The van der Waals surface area contributed by atoms with Crippen LogP contribution >= 0.6 is 0 Å². The molecule has 1 aliphatic rings. The molecule has 0 unspecified atom stereocenters. The van der Waals surface area contributed by atoms with Crippen molar-refractivity contribution in [2.45, 2.75) is 50.4 Å². The molecule has 1 aromatic carbocycles. The standard InChI is InChI=1S/C18H26N4O4/c1-11(19)16(23)21-13-9-15(18(25)26)22(10-13)17(24)14(20)8-7-12-5-3-2-4-6-12/h2-6,11,13-15H,7-10,19-20H2,1H3,(H,21,23)(H,25,26)/t11-,13+,14-,15-/m0/s1. The molecule has 0 spiro atoms. The molecule has 0 saturated carbocycles. The largest absolute Gasteiger partial charge is 0.480 e. The van der Waals surface area contributed by atoms with Crippen molar-refractivity contribution in [2.75, 3.05) is 6.54 Å². The van der Waals surface area contributed by atoms with Gasteiger partial charge in [-0.05, 0) is 25.3 Å². The fourth-order valence-corrected chi connectivity index (χ4v) is 3.05. The summed E-state index contributed by atoms with van der Waals surface area (Å²) in [5.41, 5.74) is 12.6. The van der Waals surface area contributed by atoms with Crippen LogP contribution in [-0.2, 0) is 20.8 Å². The minimum atomic E-state index is -1.11. The summed E-state index contributed by atoms with van der Waals surface area (Å²) in [7, 11) is 0. The monoisotopic (exact) mass is 362 g/mol. The third-order valence-corrected chi connectivity index (χ3v) is 4.53. The number of aryl methyl sites for hydroxylation is 1. The molecule has 2 rings (SSSR count). The van der Waals surface area contributed by atoms with Crippen LogP contribution in [0.4, 0.5) is 0 Å². The summed E-state index contributed by atoms with van der Waals surface area (Å²) in [6, 6.07) is 6.70. The highest BCUT2D eigenvalue weighted by Gasteiger charge is 2.41. The summed E-state index contributed by atoms with van der Waals surface area (Å²) in [4.78, 5) is 37.1. The minimum Gasteiger partial charge on any atom is -0.480 e. The van der Waals surface area contributed by atoms with Crippen molar-refractivity contribution in [2.24, 2.45) is 11.5 Å². The maximum Gasteiger partial charge on any atom is 0.326 e. The Morgan fingerprint density at radius 2 is 1.92 bits per heavy atom. The average Bonchev–Trinajstić information content (AvgIpc) is 3.03. The molecule has 1 heterocycles. The molecular formula is C18H26N4O4. The van der Waals surface area contributed by atoms with E-state index in [9.17, 15) is 19.5 Å². The van der Waals surface area contributed by atoms with Crippen LogP contribution in [0.3, 0.4) is 0 Å². The molecule has 0 bridgehead atoms. The first kappa shape index (κ1) is 19.9. The number of nitrogens with two attached hydrogens (primary N) is 2. The molecular weight excluding hydrogens is 336 g/mol. The summed E-state index contributed by atoms with van der Waals surface area (Å²) in [6.45, 7) is 1.66. The molecule has 6 N–H and O–H groups in total. The summed E-state index contributed by atoms with van der Waals surface area (Å²) < 4.78 is 0. The second kappa shape index (κ2) is 8.77. The molecule has 1 saturated heterocycles. The Morgan fingerprint density at radius 1 is 1.27 bits per heavy atom. The van der Waals surface area contributed by atoms with Crippen molar-refractivity contribution in [3.05, 3.63) is 35.9 Å². The first-order valence-corrected chi connectivity index (χ1v) is 8.68. The van der Waals surface area contributed by atoms with E-state index in [-0.39, 0.29) is 18.9 Å². The maximum atomic E-state index is 12.6. The zero-order chi connectivity index (χ0) is 19.3. The lowest BCUT2D eigenvalue weighted by molar-refractivity contribution is -0.148. The molecule has 1 aromatic rings. The second-order valence-electron chi connectivity index (χ2n) is 6.71. The fraction of sp³-hybridized carbons (Fsp3) is 0.500. The Kier molecular flexibility index (Phi) is 6.70. The highest BCUT2D eigenvalue weighted by molar-refractivity contribution is 5.88. The number of carbonyl (C=O) groups excluding carboxylic acids is 2. The van der Waals surface area contributed by atoms with E-state index < -0.39 is 36.0 Å². The van der Waals surface area contributed by atoms with E-state index in [1.54, 1.807) is 6.92 Å². The number of likely N-dealkylation sites (tertiary alicyclic amines) is 1. The molecule has 1 fully saturated rings. The van der Waals surface area contributed by atoms with Crippen LogP contribution in [0.25, 0.3) is 0 Å². The third-order valence-electron chi connectivity index (χ3n) is 4.53. The van der Waals surface area contributed by atoms with Crippen molar-refractivity contribution in [1.29, 1.82) is 0 Å². The topological polar surface area (TPSA) is 139 Å². The SMILES string of the molecule is C[C@H](N)C(=O)N[C@@H]1C[C@@H](C(=O)O)N(C(=O)[C@@H](N)CCc2ccccc2)C1. The molecule has 1 aliphatic heterocycles. The first-order chi connectivity index (χ1) is 12.3. The quantitative estimate of drug-likeness (QED) is 0.514. The minimum absolute atomic E-state index is 0.118. The Morgan fingerprint density at radius 3 is 2.50 bits per heavy atom. The van der Waals surface area contributed by atoms with E-state index in [1.165, 1.54) is 4.90 Å². The van der Waals surface area contributed by atoms with Gasteiger partial charge in [0.15, 0.2) is 0 Å². The number of nitrogens with zero attached hydrogens (tertiary/aromatic N) is 1. The van der Waals surface area contributed by atoms with Crippen LogP contribution in [0.15, 0.2) is 30.3 Å². The smallest absolute Gasteiger partial charge is 0.326 e. The average molecular weight is 362 g/mol. The van der Waals surface area contributed by atoms with Gasteiger partial charge in [0.25, 0.3) is 0 Å². The zero-order valence-electron chi connectivity index (χ0n) is 14.8. The molecule has 8 heteroatoms. The van der Waals surface area contributed by atoms with Crippen LogP contribution in [0.2, 0.25) is 0 Å². The normalized spacial score (nSPS) is 21.9. The number of carboxylic acid groups (broad SMARTS) is 1. The number of carbonyl (C=O) groups is 3. The Hall–Kier alpha value is -2.45. The van der Waals surface area contributed by atoms with Gasteiger partial charge in [-0.3, -0.25) is 9.59 Å². The number of hydrogen-bond donors (Lipinski definition) is 4. The van der Waals surface area contributed by atoms with Gasteiger partial charge >= 0.3 is 5.97 Å². The van der Waals surface area contributed by atoms with E-state index in [0.717, 1.165) is 5.56 Å². The fourth-order valence-electron chi connectivity index (χ4n) is 3.05. The van der Waals surface area contributed by atoms with Crippen LogP contribution in [0.1, 0.15) is 25.3 Å². The number of aliphatic carboxylic acids is 1. The molecule has 8 nitrogen and oxygen atoms in total. The van der Waals surface area contributed by atoms with Gasteiger partial charge in [0, 0.05) is 19.0 Å². The Balaban J connectivity index is 1.98. The van der Waals surface area contributed by atoms with E-state index in [4.69, 9.17) is 11.5 Å². The molecule has 26 heavy (non-hydrogen) atoms. The van der Waals surface area contributed by atoms with Crippen molar-refractivity contribution in [3.8, 4) is 0 Å². The summed E-state index contributed by atoms with van der Waals surface area (Å²) in [6.07, 6.45) is 1.19. The predicted molar refractivity (Wildman–Crippen MR) is 96.1 cm³/mol. The van der Waals surface area contributed by atoms with Gasteiger partial charge in [0.2, 0.25) is 11.8 Å². The highest BCUT2D eigenvalue weighted by atomic mass is 16.4. The van der Waals surface area contributed by atoms with Crippen LogP contribution in [0.5, 0.6) is 0 Å². The molecule has 0 radical (unpaired) electrons. The number of amides is 2. The van der Waals surface area contributed by atoms with Crippen molar-refractivity contribution in [3.63, 3.8) is 0 Å². The summed E-state index contributed by atoms with van der Waals surface area (Å²) in [5, 5.41) is 12.1. The Bertz CT molecular complexity index is 650. The van der Waals surface area contributed by atoms with Gasteiger partial charge < -0.3 is 26.8 Å². The summed E-state index contributed by atoms with van der Waals surface area (Å²) >= 11 is 0. The van der Waals surface area contributed by atoms with Crippen molar-refractivity contribution >= 4 is 17.8 Å². The van der Waals surface area contributed by atoms with E-state index in [1.807, 2.05) is 30.3 Å². The molecule has 0 aromatic heterocycles. The summed E-state index contributed by atoms with van der Waals surface area (Å²) in [5.74, 6) is -1.89. The predicted octanol–water partition coefficient (Wildman–Crippen LogP) is -0.536. The molecule has 2 amide bonds. The number of rotatable bonds is 7. The number of hydrogen-bond acceptors (Lipinski definition) is 5. The highest BCUT2D eigenvalue weighted by Crippen LogP contribution is 2.20. The lowest BCUT2D eigenvalue weighted by Gasteiger charge is -2.25. The number of nitrogens with one attached hydrogen (secondary N) is 1. The van der Waals surface area contributed by atoms with E-state index >= 15 is 0 Å². The molecule has 142 valence electrons. The van der Waals surface area contributed by atoms with Gasteiger partial charge in [-0.15, -0.1) is 0 Å². The lowest BCUT2D eigenvalue weighted by atomic mass is 10.0. The zero-order valence-corrected chi connectivity index (χ0v) is 14.8. The second-order valence-corrected chi connectivity index (χ2v) is 6.71.